The molecule has 1 saturated heterocycles. The Bertz CT molecular complexity index is 892. The summed E-state index contributed by atoms with van der Waals surface area (Å²) < 4.78 is 2.03. The number of hydrogen-bond donors (Lipinski definition) is 1. The average molecular weight is 360 g/mol. The van der Waals surface area contributed by atoms with Gasteiger partial charge in [-0.15, -0.1) is 0 Å². The lowest BCUT2D eigenvalue weighted by atomic mass is 9.89. The van der Waals surface area contributed by atoms with Gasteiger partial charge < -0.3 is 14.6 Å². The molecule has 4 nitrogen and oxygen atoms in total. The molecule has 4 heteroatoms. The normalized spacial score (nSPS) is 15.0. The van der Waals surface area contributed by atoms with Crippen molar-refractivity contribution in [2.24, 2.45) is 0 Å². The van der Waals surface area contributed by atoms with E-state index in [0.29, 0.717) is 18.2 Å². The minimum Gasteiger partial charge on any atom is -0.508 e. The fraction of sp³-hybridized carbons (Fsp3) is 0.261. The third kappa shape index (κ3) is 3.90. The van der Waals surface area contributed by atoms with Gasteiger partial charge in [-0.2, -0.15) is 0 Å². The van der Waals surface area contributed by atoms with E-state index in [4.69, 9.17) is 0 Å². The molecule has 0 aliphatic carbocycles. The SMILES string of the molecule is O=C(c1cccn1Cc1ccccc1)N1CCC(c2ccc(O)cc2)CC1. The van der Waals surface area contributed by atoms with Crippen molar-refractivity contribution >= 4 is 5.91 Å². The van der Waals surface area contributed by atoms with Crippen molar-refractivity contribution in [3.05, 3.63) is 89.7 Å². The van der Waals surface area contributed by atoms with E-state index in [9.17, 15) is 9.90 Å². The van der Waals surface area contributed by atoms with E-state index in [1.165, 1.54) is 11.1 Å². The molecule has 0 radical (unpaired) electrons. The van der Waals surface area contributed by atoms with E-state index in [1.807, 2.05) is 58.1 Å². The van der Waals surface area contributed by atoms with Crippen LogP contribution in [-0.4, -0.2) is 33.6 Å². The molecule has 27 heavy (non-hydrogen) atoms. The number of rotatable bonds is 4. The zero-order valence-corrected chi connectivity index (χ0v) is 15.3. The van der Waals surface area contributed by atoms with Crippen LogP contribution >= 0.6 is 0 Å². The summed E-state index contributed by atoms with van der Waals surface area (Å²) >= 11 is 0. The summed E-state index contributed by atoms with van der Waals surface area (Å²) in [7, 11) is 0. The topological polar surface area (TPSA) is 45.5 Å². The molecular weight excluding hydrogens is 336 g/mol. The van der Waals surface area contributed by atoms with Crippen molar-refractivity contribution in [2.75, 3.05) is 13.1 Å². The summed E-state index contributed by atoms with van der Waals surface area (Å²) in [5, 5.41) is 9.45. The molecular formula is C23H24N2O2. The molecule has 0 saturated carbocycles. The van der Waals surface area contributed by atoms with Gasteiger partial charge in [0.25, 0.3) is 5.91 Å². The lowest BCUT2D eigenvalue weighted by Crippen LogP contribution is -2.38. The highest BCUT2D eigenvalue weighted by Gasteiger charge is 2.26. The van der Waals surface area contributed by atoms with E-state index >= 15 is 0 Å². The van der Waals surface area contributed by atoms with Crippen molar-refractivity contribution in [2.45, 2.75) is 25.3 Å². The Morgan fingerprint density at radius 2 is 1.63 bits per heavy atom. The summed E-state index contributed by atoms with van der Waals surface area (Å²) in [6, 6.07) is 21.5. The van der Waals surface area contributed by atoms with Crippen LogP contribution in [-0.2, 0) is 6.54 Å². The summed E-state index contributed by atoms with van der Waals surface area (Å²) in [5.41, 5.74) is 3.18. The van der Waals surface area contributed by atoms with Crippen molar-refractivity contribution in [3.63, 3.8) is 0 Å². The highest BCUT2D eigenvalue weighted by Crippen LogP contribution is 2.29. The number of carbonyl (C=O) groups excluding carboxylic acids is 1. The largest absolute Gasteiger partial charge is 0.508 e. The predicted octanol–water partition coefficient (Wildman–Crippen LogP) is 4.26. The van der Waals surface area contributed by atoms with Gasteiger partial charge in [0.1, 0.15) is 11.4 Å². The van der Waals surface area contributed by atoms with Gasteiger partial charge in [-0.1, -0.05) is 42.5 Å². The second-order valence-corrected chi connectivity index (χ2v) is 7.16. The fourth-order valence-electron chi connectivity index (χ4n) is 3.85. The molecule has 1 aromatic heterocycles. The highest BCUT2D eigenvalue weighted by atomic mass is 16.3. The number of aromatic hydroxyl groups is 1. The smallest absolute Gasteiger partial charge is 0.270 e. The fourth-order valence-corrected chi connectivity index (χ4v) is 3.85. The van der Waals surface area contributed by atoms with Gasteiger partial charge in [0.05, 0.1) is 0 Å². The average Bonchev–Trinajstić information content (AvgIpc) is 3.17. The van der Waals surface area contributed by atoms with Crippen LogP contribution in [0.2, 0.25) is 0 Å². The van der Waals surface area contributed by atoms with Crippen LogP contribution in [0.25, 0.3) is 0 Å². The van der Waals surface area contributed by atoms with Gasteiger partial charge in [0, 0.05) is 25.8 Å². The maximum absolute atomic E-state index is 13.0. The Kier molecular flexibility index (Phi) is 4.97. The second-order valence-electron chi connectivity index (χ2n) is 7.16. The summed E-state index contributed by atoms with van der Waals surface area (Å²) in [6.07, 6.45) is 3.88. The van der Waals surface area contributed by atoms with Crippen molar-refractivity contribution < 1.29 is 9.90 Å². The maximum atomic E-state index is 13.0. The molecule has 4 rings (SSSR count). The van der Waals surface area contributed by atoms with E-state index in [2.05, 4.69) is 12.1 Å². The molecule has 3 aromatic rings. The van der Waals surface area contributed by atoms with Crippen molar-refractivity contribution in [3.8, 4) is 5.75 Å². The van der Waals surface area contributed by atoms with Crippen LogP contribution in [0.4, 0.5) is 0 Å². The van der Waals surface area contributed by atoms with E-state index in [-0.39, 0.29) is 5.91 Å². The zero-order valence-electron chi connectivity index (χ0n) is 15.3. The molecule has 0 bridgehead atoms. The number of piperidine rings is 1. The molecule has 2 aromatic carbocycles. The molecule has 1 N–H and O–H groups in total. The third-order valence-electron chi connectivity index (χ3n) is 5.39. The second kappa shape index (κ2) is 7.70. The first-order chi connectivity index (χ1) is 13.2. The van der Waals surface area contributed by atoms with Crippen LogP contribution in [0.3, 0.4) is 0 Å². The lowest BCUT2D eigenvalue weighted by molar-refractivity contribution is 0.0702. The third-order valence-corrected chi connectivity index (χ3v) is 5.39. The molecule has 1 fully saturated rings. The van der Waals surface area contributed by atoms with Gasteiger partial charge >= 0.3 is 0 Å². The number of amides is 1. The van der Waals surface area contributed by atoms with E-state index in [1.54, 1.807) is 12.1 Å². The number of phenols is 1. The molecule has 0 atom stereocenters. The Balaban J connectivity index is 1.41. The van der Waals surface area contributed by atoms with Gasteiger partial charge in [-0.05, 0) is 54.2 Å². The summed E-state index contributed by atoms with van der Waals surface area (Å²) in [4.78, 5) is 15.0. The van der Waals surface area contributed by atoms with E-state index in [0.717, 1.165) is 31.6 Å². The van der Waals surface area contributed by atoms with Crippen molar-refractivity contribution in [1.82, 2.24) is 9.47 Å². The Labute approximate surface area is 159 Å². The number of likely N-dealkylation sites (tertiary alicyclic amines) is 1. The zero-order chi connectivity index (χ0) is 18.6. The molecule has 2 heterocycles. The van der Waals surface area contributed by atoms with Gasteiger partial charge in [0.2, 0.25) is 0 Å². The van der Waals surface area contributed by atoms with Crippen LogP contribution < -0.4 is 0 Å². The standard InChI is InChI=1S/C23H24N2O2/c26-21-10-8-19(9-11-21)20-12-15-24(16-13-20)23(27)22-7-4-14-25(22)17-18-5-2-1-3-6-18/h1-11,14,20,26H,12-13,15-17H2. The highest BCUT2D eigenvalue weighted by molar-refractivity contribution is 5.92. The Hall–Kier alpha value is -3.01. The Morgan fingerprint density at radius 3 is 2.33 bits per heavy atom. The number of hydrogen-bond acceptors (Lipinski definition) is 2. The minimum atomic E-state index is 0.111. The summed E-state index contributed by atoms with van der Waals surface area (Å²) in [5.74, 6) is 0.858. The number of carbonyl (C=O) groups is 1. The monoisotopic (exact) mass is 360 g/mol. The van der Waals surface area contributed by atoms with Crippen LogP contribution in [0.1, 0.15) is 40.4 Å². The van der Waals surface area contributed by atoms with Crippen LogP contribution in [0.5, 0.6) is 5.75 Å². The minimum absolute atomic E-state index is 0.111. The first-order valence-electron chi connectivity index (χ1n) is 9.48. The molecule has 0 spiro atoms. The number of aromatic nitrogens is 1. The molecule has 1 aliphatic rings. The van der Waals surface area contributed by atoms with Gasteiger partial charge in [-0.25, -0.2) is 0 Å². The molecule has 1 aliphatic heterocycles. The predicted molar refractivity (Wildman–Crippen MR) is 106 cm³/mol. The number of nitrogens with zero attached hydrogens (tertiary/aromatic N) is 2. The van der Waals surface area contributed by atoms with Crippen LogP contribution in [0.15, 0.2) is 72.9 Å². The van der Waals surface area contributed by atoms with Crippen molar-refractivity contribution in [1.29, 1.82) is 0 Å². The first-order valence-corrected chi connectivity index (χ1v) is 9.48. The van der Waals surface area contributed by atoms with Gasteiger partial charge in [-0.3, -0.25) is 4.79 Å². The van der Waals surface area contributed by atoms with E-state index < -0.39 is 0 Å². The number of phenolic OH excluding ortho intramolecular Hbond substituents is 1. The quantitative estimate of drug-likeness (QED) is 0.755. The molecule has 1 amide bonds. The molecule has 138 valence electrons. The van der Waals surface area contributed by atoms with Crippen LogP contribution in [0, 0.1) is 0 Å². The first kappa shape index (κ1) is 17.4. The maximum Gasteiger partial charge on any atom is 0.270 e. The lowest BCUT2D eigenvalue weighted by Gasteiger charge is -2.32. The number of benzene rings is 2. The summed E-state index contributed by atoms with van der Waals surface area (Å²) in [6.45, 7) is 2.24. The molecule has 0 unspecified atom stereocenters. The van der Waals surface area contributed by atoms with Gasteiger partial charge in [0.15, 0.2) is 0 Å². The Morgan fingerprint density at radius 1 is 0.926 bits per heavy atom.